The van der Waals surface area contributed by atoms with Crippen molar-refractivity contribution in [2.45, 2.75) is 6.61 Å². The second kappa shape index (κ2) is 9.69. The summed E-state index contributed by atoms with van der Waals surface area (Å²) in [5.74, 6) is 1.51. The predicted octanol–water partition coefficient (Wildman–Crippen LogP) is 3.42. The van der Waals surface area contributed by atoms with Crippen molar-refractivity contribution in [2.24, 2.45) is 0 Å². The first-order valence-electron chi connectivity index (χ1n) is 10.0. The summed E-state index contributed by atoms with van der Waals surface area (Å²) in [4.78, 5) is 25.1. The van der Waals surface area contributed by atoms with Gasteiger partial charge in [0.1, 0.15) is 12.4 Å². The van der Waals surface area contributed by atoms with Gasteiger partial charge < -0.3 is 14.5 Å². The molecule has 3 aromatic rings. The first-order valence-corrected chi connectivity index (χ1v) is 10.0. The van der Waals surface area contributed by atoms with Gasteiger partial charge >= 0.3 is 0 Å². The number of hydrogen-bond acceptors (Lipinski definition) is 5. The minimum Gasteiger partial charge on any atom is -0.489 e. The van der Waals surface area contributed by atoms with Crippen LogP contribution >= 0.6 is 0 Å². The van der Waals surface area contributed by atoms with Crippen molar-refractivity contribution in [1.29, 1.82) is 0 Å². The van der Waals surface area contributed by atoms with E-state index >= 15 is 0 Å². The number of rotatable bonds is 6. The molecule has 0 N–H and O–H groups in total. The van der Waals surface area contributed by atoms with Crippen LogP contribution in [-0.4, -0.2) is 47.0 Å². The number of hydrogen-bond donors (Lipinski definition) is 0. The number of amides is 1. The third kappa shape index (κ3) is 5.23. The van der Waals surface area contributed by atoms with Crippen LogP contribution < -0.4 is 9.64 Å². The van der Waals surface area contributed by atoms with E-state index in [9.17, 15) is 4.79 Å². The van der Waals surface area contributed by atoms with Gasteiger partial charge in [-0.25, -0.2) is 9.97 Å². The van der Waals surface area contributed by atoms with E-state index in [0.29, 0.717) is 25.6 Å². The third-order valence-electron chi connectivity index (χ3n) is 4.95. The Hall–Kier alpha value is -3.67. The molecule has 1 aliphatic rings. The van der Waals surface area contributed by atoms with E-state index in [0.717, 1.165) is 30.0 Å². The molecule has 0 atom stereocenters. The second-order valence-corrected chi connectivity index (χ2v) is 7.04. The molecular formula is C24H24N4O2. The zero-order valence-corrected chi connectivity index (χ0v) is 16.7. The zero-order chi connectivity index (χ0) is 20.6. The monoisotopic (exact) mass is 400 g/mol. The lowest BCUT2D eigenvalue weighted by Crippen LogP contribution is -2.48. The van der Waals surface area contributed by atoms with Crippen molar-refractivity contribution < 1.29 is 9.53 Å². The lowest BCUT2D eigenvalue weighted by atomic mass is 10.2. The Morgan fingerprint density at radius 2 is 1.70 bits per heavy atom. The number of piperazine rings is 1. The number of nitrogens with zero attached hydrogens (tertiary/aromatic N) is 4. The number of anilines is 1. The Morgan fingerprint density at radius 1 is 0.933 bits per heavy atom. The molecule has 2 aromatic carbocycles. The summed E-state index contributed by atoms with van der Waals surface area (Å²) in [6.45, 7) is 3.28. The molecule has 1 aromatic heterocycles. The Bertz CT molecular complexity index is 984. The van der Waals surface area contributed by atoms with E-state index in [-0.39, 0.29) is 5.91 Å². The summed E-state index contributed by atoms with van der Waals surface area (Å²) >= 11 is 0. The van der Waals surface area contributed by atoms with Crippen molar-refractivity contribution in [2.75, 3.05) is 31.1 Å². The largest absolute Gasteiger partial charge is 0.489 e. The van der Waals surface area contributed by atoms with Crippen molar-refractivity contribution in [3.63, 3.8) is 0 Å². The van der Waals surface area contributed by atoms with Crippen LogP contribution in [-0.2, 0) is 11.4 Å². The van der Waals surface area contributed by atoms with Gasteiger partial charge in [0.15, 0.2) is 0 Å². The van der Waals surface area contributed by atoms with E-state index in [1.807, 2.05) is 65.6 Å². The smallest absolute Gasteiger partial charge is 0.246 e. The highest BCUT2D eigenvalue weighted by Gasteiger charge is 2.20. The van der Waals surface area contributed by atoms with E-state index in [1.165, 1.54) is 0 Å². The molecule has 152 valence electrons. The van der Waals surface area contributed by atoms with Crippen LogP contribution in [0.1, 0.15) is 11.1 Å². The van der Waals surface area contributed by atoms with Gasteiger partial charge in [0.25, 0.3) is 0 Å². The van der Waals surface area contributed by atoms with Gasteiger partial charge in [-0.15, -0.1) is 0 Å². The highest BCUT2D eigenvalue weighted by atomic mass is 16.5. The van der Waals surface area contributed by atoms with Crippen molar-refractivity contribution in [3.8, 4) is 5.75 Å². The standard InChI is InChI=1S/C24H24N4O2/c29-23(27-14-16-28(17-15-27)24-25-12-5-13-26-24)11-10-20-8-4-9-22(18-20)30-19-21-6-2-1-3-7-21/h1-13,18H,14-17,19H2/b11-10-. The number of aromatic nitrogens is 2. The fourth-order valence-electron chi connectivity index (χ4n) is 3.30. The van der Waals surface area contributed by atoms with Crippen LogP contribution in [0.15, 0.2) is 79.1 Å². The summed E-state index contributed by atoms with van der Waals surface area (Å²) in [5.41, 5.74) is 2.05. The van der Waals surface area contributed by atoms with E-state index in [2.05, 4.69) is 14.9 Å². The molecule has 0 spiro atoms. The minimum absolute atomic E-state index is 0.0132. The molecule has 0 unspecified atom stereocenters. The number of carbonyl (C=O) groups excluding carboxylic acids is 1. The van der Waals surface area contributed by atoms with Crippen LogP contribution in [0.3, 0.4) is 0 Å². The first kappa shape index (κ1) is 19.6. The molecule has 1 saturated heterocycles. The van der Waals surface area contributed by atoms with Gasteiger partial charge in [-0.2, -0.15) is 0 Å². The maximum atomic E-state index is 12.6. The van der Waals surface area contributed by atoms with Gasteiger partial charge in [-0.1, -0.05) is 42.5 Å². The molecular weight excluding hydrogens is 376 g/mol. The number of benzene rings is 2. The Kier molecular flexibility index (Phi) is 6.35. The van der Waals surface area contributed by atoms with Gasteiger partial charge in [0.05, 0.1) is 0 Å². The van der Waals surface area contributed by atoms with E-state index < -0.39 is 0 Å². The molecule has 6 heteroatoms. The highest BCUT2D eigenvalue weighted by Crippen LogP contribution is 2.17. The van der Waals surface area contributed by atoms with E-state index in [1.54, 1.807) is 24.5 Å². The second-order valence-electron chi connectivity index (χ2n) is 7.04. The fourth-order valence-corrected chi connectivity index (χ4v) is 3.30. The Labute approximate surface area is 176 Å². The molecule has 1 fully saturated rings. The van der Waals surface area contributed by atoms with Crippen LogP contribution in [0.5, 0.6) is 5.75 Å². The van der Waals surface area contributed by atoms with Crippen molar-refractivity contribution in [1.82, 2.24) is 14.9 Å². The van der Waals surface area contributed by atoms with Crippen molar-refractivity contribution in [3.05, 3.63) is 90.3 Å². The van der Waals surface area contributed by atoms with Gasteiger partial charge in [-0.3, -0.25) is 4.79 Å². The van der Waals surface area contributed by atoms with Gasteiger partial charge in [0.2, 0.25) is 11.9 Å². The summed E-state index contributed by atoms with van der Waals surface area (Å²) < 4.78 is 5.86. The predicted molar refractivity (Wildman–Crippen MR) is 117 cm³/mol. The first-order chi connectivity index (χ1) is 14.8. The maximum Gasteiger partial charge on any atom is 0.246 e. The molecule has 6 nitrogen and oxygen atoms in total. The topological polar surface area (TPSA) is 58.6 Å². The summed E-state index contributed by atoms with van der Waals surface area (Å²) in [6, 6.07) is 19.6. The van der Waals surface area contributed by atoms with Crippen molar-refractivity contribution >= 4 is 17.9 Å². The molecule has 0 saturated carbocycles. The van der Waals surface area contributed by atoms with Crippen LogP contribution in [0.2, 0.25) is 0 Å². The lowest BCUT2D eigenvalue weighted by molar-refractivity contribution is -0.126. The summed E-state index contributed by atoms with van der Waals surface area (Å²) in [5, 5.41) is 0. The molecule has 1 aliphatic heterocycles. The highest BCUT2D eigenvalue weighted by molar-refractivity contribution is 5.92. The maximum absolute atomic E-state index is 12.6. The fraction of sp³-hybridized carbons (Fsp3) is 0.208. The van der Waals surface area contributed by atoms with Gasteiger partial charge in [0, 0.05) is 44.6 Å². The quantitative estimate of drug-likeness (QED) is 0.594. The molecule has 30 heavy (non-hydrogen) atoms. The average Bonchev–Trinajstić information content (AvgIpc) is 2.83. The Balaban J connectivity index is 1.30. The molecule has 2 heterocycles. The van der Waals surface area contributed by atoms with Crippen LogP contribution in [0.25, 0.3) is 6.08 Å². The van der Waals surface area contributed by atoms with Crippen LogP contribution in [0.4, 0.5) is 5.95 Å². The SMILES string of the molecule is O=C(/C=C\c1cccc(OCc2ccccc2)c1)N1CCN(c2ncccn2)CC1. The zero-order valence-electron chi connectivity index (χ0n) is 16.7. The normalized spacial score (nSPS) is 14.1. The molecule has 0 bridgehead atoms. The average molecular weight is 400 g/mol. The molecule has 0 aliphatic carbocycles. The number of ether oxygens (including phenoxy) is 1. The lowest BCUT2D eigenvalue weighted by Gasteiger charge is -2.34. The minimum atomic E-state index is 0.0132. The van der Waals surface area contributed by atoms with Crippen LogP contribution in [0, 0.1) is 0 Å². The summed E-state index contributed by atoms with van der Waals surface area (Å²) in [7, 11) is 0. The van der Waals surface area contributed by atoms with E-state index in [4.69, 9.17) is 4.74 Å². The molecule has 4 rings (SSSR count). The molecule has 1 amide bonds. The summed E-state index contributed by atoms with van der Waals surface area (Å²) in [6.07, 6.45) is 6.94. The Morgan fingerprint density at radius 3 is 2.47 bits per heavy atom. The number of carbonyl (C=O) groups is 1. The molecule has 0 radical (unpaired) electrons. The third-order valence-corrected chi connectivity index (χ3v) is 4.95. The van der Waals surface area contributed by atoms with Gasteiger partial charge in [-0.05, 0) is 35.4 Å².